The largest absolute Gasteiger partial charge is 0.318 e. The lowest BCUT2D eigenvalue weighted by Gasteiger charge is -2.20. The van der Waals surface area contributed by atoms with E-state index in [4.69, 9.17) is 5.41 Å². The van der Waals surface area contributed by atoms with Gasteiger partial charge in [-0.1, -0.05) is 39.0 Å². The van der Waals surface area contributed by atoms with Gasteiger partial charge in [-0.3, -0.25) is 10.2 Å². The van der Waals surface area contributed by atoms with E-state index in [0.717, 1.165) is 34.1 Å². The zero-order chi connectivity index (χ0) is 21.6. The number of fused-ring (bicyclic) bond motifs is 1. The number of hydrogen-bond donors (Lipinski definition) is 1. The van der Waals surface area contributed by atoms with E-state index in [-0.39, 0.29) is 17.3 Å². The van der Waals surface area contributed by atoms with Crippen LogP contribution in [0.2, 0.25) is 0 Å². The van der Waals surface area contributed by atoms with Gasteiger partial charge in [0.05, 0.1) is 5.57 Å². The first kappa shape index (κ1) is 20.3. The number of hydrogen-bond acceptors (Lipinski definition) is 4. The molecule has 7 heteroatoms. The van der Waals surface area contributed by atoms with Crippen LogP contribution in [-0.4, -0.2) is 31.5 Å². The van der Waals surface area contributed by atoms with Crippen LogP contribution in [0, 0.1) is 25.2 Å². The molecule has 0 saturated heterocycles. The number of nitrogens with one attached hydrogen (secondary N) is 1. The number of amides is 1. The van der Waals surface area contributed by atoms with E-state index in [9.17, 15) is 4.79 Å². The minimum Gasteiger partial charge on any atom is -0.318 e. The lowest BCUT2D eigenvalue weighted by Crippen LogP contribution is -2.35. The molecule has 30 heavy (non-hydrogen) atoms. The predicted molar refractivity (Wildman–Crippen MR) is 124 cm³/mol. The molecule has 6 nitrogen and oxygen atoms in total. The van der Waals surface area contributed by atoms with E-state index in [1.54, 1.807) is 6.08 Å². The van der Waals surface area contributed by atoms with Gasteiger partial charge >= 0.3 is 0 Å². The normalized spacial score (nSPS) is 17.7. The van der Waals surface area contributed by atoms with Gasteiger partial charge in [0.25, 0.3) is 5.91 Å². The molecular formula is C23H25N5OS. The molecule has 2 aromatic rings. The number of thioether (sulfide) groups is 1. The second kappa shape index (κ2) is 7.72. The molecule has 1 amide bonds. The van der Waals surface area contributed by atoms with Gasteiger partial charge in [-0.15, -0.1) is 0 Å². The minimum atomic E-state index is -0.391. The van der Waals surface area contributed by atoms with Gasteiger partial charge in [-0.05, 0) is 61.4 Å². The second-order valence-electron chi connectivity index (χ2n) is 7.76. The Morgan fingerprint density at radius 1 is 1.23 bits per heavy atom. The van der Waals surface area contributed by atoms with E-state index in [1.165, 1.54) is 22.3 Å². The zero-order valence-electron chi connectivity index (χ0n) is 17.9. The van der Waals surface area contributed by atoms with E-state index in [1.807, 2.05) is 26.8 Å². The first-order valence-corrected chi connectivity index (χ1v) is 10.9. The van der Waals surface area contributed by atoms with Crippen LogP contribution < -0.4 is 0 Å². The molecule has 0 unspecified atom stereocenters. The Bertz CT molecular complexity index is 1150. The van der Waals surface area contributed by atoms with Gasteiger partial charge in [-0.2, -0.15) is 15.1 Å². The van der Waals surface area contributed by atoms with Crippen LogP contribution in [0.5, 0.6) is 0 Å². The number of benzene rings is 1. The summed E-state index contributed by atoms with van der Waals surface area (Å²) in [6, 6.07) is 10.4. The Morgan fingerprint density at radius 3 is 2.67 bits per heavy atom. The fraction of sp³-hybridized carbons (Fsp3) is 0.304. The molecule has 3 heterocycles. The molecule has 0 radical (unpaired) electrons. The van der Waals surface area contributed by atoms with E-state index in [2.05, 4.69) is 52.8 Å². The highest BCUT2D eigenvalue weighted by atomic mass is 32.2. The average Bonchev–Trinajstić information content (AvgIpc) is 3.26. The van der Waals surface area contributed by atoms with E-state index in [0.29, 0.717) is 5.17 Å². The van der Waals surface area contributed by atoms with Crippen LogP contribution in [0.4, 0.5) is 0 Å². The maximum absolute atomic E-state index is 12.7. The molecule has 1 aromatic heterocycles. The topological polar surface area (TPSA) is 73.8 Å². The van der Waals surface area contributed by atoms with Crippen LogP contribution in [0.1, 0.15) is 43.3 Å². The molecule has 0 fully saturated rings. The quantitative estimate of drug-likeness (QED) is 0.714. The molecular weight excluding hydrogens is 394 g/mol. The fourth-order valence-corrected chi connectivity index (χ4v) is 4.62. The van der Waals surface area contributed by atoms with Gasteiger partial charge in [0.1, 0.15) is 5.04 Å². The number of para-hydroxylation sites is 1. The molecule has 0 saturated carbocycles. The standard InChI is InChI=1S/C23H25N5OS/c1-6-16-9-7-8-10-19(16)27-14(4)11-17(15(27)5)12-18-20(24)28-23(25-21(18)29)30-22(26-28)13(2)3/h7-13,24H,6H2,1-5H3/b18-12+,24-20?. The van der Waals surface area contributed by atoms with Crippen molar-refractivity contribution in [2.24, 2.45) is 16.0 Å². The number of aliphatic imine (C=N–C) groups is 1. The maximum atomic E-state index is 12.7. The molecule has 4 rings (SSSR count). The Balaban J connectivity index is 1.76. The summed E-state index contributed by atoms with van der Waals surface area (Å²) in [5.74, 6) is -0.0965. The van der Waals surface area contributed by atoms with Crippen molar-refractivity contribution in [2.75, 3.05) is 0 Å². The van der Waals surface area contributed by atoms with Gasteiger partial charge in [0.2, 0.25) is 5.17 Å². The second-order valence-corrected chi connectivity index (χ2v) is 8.74. The fourth-order valence-electron chi connectivity index (χ4n) is 3.73. The first-order chi connectivity index (χ1) is 14.3. The lowest BCUT2D eigenvalue weighted by molar-refractivity contribution is -0.114. The maximum Gasteiger partial charge on any atom is 0.283 e. The molecule has 154 valence electrons. The third kappa shape index (κ3) is 3.33. The third-order valence-electron chi connectivity index (χ3n) is 5.35. The van der Waals surface area contributed by atoms with Gasteiger partial charge in [-0.25, -0.2) is 0 Å². The monoisotopic (exact) mass is 419 g/mol. The smallest absolute Gasteiger partial charge is 0.283 e. The van der Waals surface area contributed by atoms with E-state index < -0.39 is 5.91 Å². The third-order valence-corrected chi connectivity index (χ3v) is 6.56. The Labute approximate surface area is 180 Å². The van der Waals surface area contributed by atoms with Crippen LogP contribution in [-0.2, 0) is 11.2 Å². The zero-order valence-corrected chi connectivity index (χ0v) is 18.7. The van der Waals surface area contributed by atoms with Crippen molar-refractivity contribution in [2.45, 2.75) is 41.0 Å². The van der Waals surface area contributed by atoms with Gasteiger partial charge in [0, 0.05) is 23.0 Å². The Hall–Kier alpha value is -2.93. The number of rotatable bonds is 4. The summed E-state index contributed by atoms with van der Waals surface area (Å²) in [5.41, 5.74) is 5.68. The molecule has 2 aliphatic heterocycles. The summed E-state index contributed by atoms with van der Waals surface area (Å²) in [5, 5.41) is 15.9. The molecule has 0 spiro atoms. The number of carbonyl (C=O) groups is 1. The summed E-state index contributed by atoms with van der Waals surface area (Å²) in [6.45, 7) is 10.3. The van der Waals surface area contributed by atoms with Crippen molar-refractivity contribution in [1.82, 2.24) is 9.58 Å². The molecule has 0 bridgehead atoms. The van der Waals surface area contributed by atoms with Crippen LogP contribution in [0.25, 0.3) is 11.8 Å². The summed E-state index contributed by atoms with van der Waals surface area (Å²) >= 11 is 1.36. The highest BCUT2D eigenvalue weighted by molar-refractivity contribution is 8.27. The number of aromatic nitrogens is 1. The van der Waals surface area contributed by atoms with Crippen molar-refractivity contribution in [1.29, 1.82) is 5.41 Å². The number of hydrazone groups is 1. The summed E-state index contributed by atoms with van der Waals surface area (Å²) in [7, 11) is 0. The summed E-state index contributed by atoms with van der Waals surface area (Å²) in [4.78, 5) is 16.9. The van der Waals surface area contributed by atoms with Gasteiger partial charge in [0.15, 0.2) is 5.84 Å². The number of aryl methyl sites for hydroxylation is 2. The molecule has 1 N–H and O–H groups in total. The van der Waals surface area contributed by atoms with E-state index >= 15 is 0 Å². The summed E-state index contributed by atoms with van der Waals surface area (Å²) < 4.78 is 2.21. The van der Waals surface area contributed by atoms with Crippen LogP contribution in [0.3, 0.4) is 0 Å². The van der Waals surface area contributed by atoms with Crippen molar-refractivity contribution in [3.05, 3.63) is 58.4 Å². The number of nitrogens with zero attached hydrogens (tertiary/aromatic N) is 4. The summed E-state index contributed by atoms with van der Waals surface area (Å²) in [6.07, 6.45) is 2.71. The molecule has 1 aromatic carbocycles. The highest BCUT2D eigenvalue weighted by Crippen LogP contribution is 2.32. The Morgan fingerprint density at radius 2 is 1.97 bits per heavy atom. The first-order valence-electron chi connectivity index (χ1n) is 10.1. The molecule has 0 atom stereocenters. The van der Waals surface area contributed by atoms with Crippen LogP contribution >= 0.6 is 11.8 Å². The highest BCUT2D eigenvalue weighted by Gasteiger charge is 2.36. The minimum absolute atomic E-state index is 0.0758. The predicted octanol–water partition coefficient (Wildman–Crippen LogP) is 4.93. The number of amidine groups is 2. The number of carbonyl (C=O) groups excluding carboxylic acids is 1. The van der Waals surface area contributed by atoms with Gasteiger partial charge < -0.3 is 4.57 Å². The van der Waals surface area contributed by atoms with Crippen LogP contribution in [0.15, 0.2) is 46.0 Å². The molecule has 0 aliphatic carbocycles. The Kier molecular flexibility index (Phi) is 5.24. The van der Waals surface area contributed by atoms with Crippen molar-refractivity contribution in [3.8, 4) is 5.69 Å². The lowest BCUT2D eigenvalue weighted by atomic mass is 10.1. The van der Waals surface area contributed by atoms with Crippen molar-refractivity contribution < 1.29 is 4.79 Å². The van der Waals surface area contributed by atoms with Crippen molar-refractivity contribution in [3.63, 3.8) is 0 Å². The SMILES string of the molecule is CCc1ccccc1-n1c(C)cc(/C=C2\C(=N)N3N=C(C(C)C)SC3=NC2=O)c1C. The molecule has 2 aliphatic rings. The average molecular weight is 420 g/mol. The van der Waals surface area contributed by atoms with Crippen molar-refractivity contribution >= 4 is 39.8 Å².